The molecule has 1 saturated carbocycles. The number of hydrogen-bond donors (Lipinski definition) is 1. The lowest BCUT2D eigenvalue weighted by atomic mass is 9.90. The number of hydrogen-bond acceptors (Lipinski definition) is 3. The predicted octanol–water partition coefficient (Wildman–Crippen LogP) is 3.27. The van der Waals surface area contributed by atoms with Crippen LogP contribution in [0, 0.1) is 0 Å². The number of sulfonamides is 1. The number of nitrogens with one attached hydrogen (secondary N) is 1. The van der Waals surface area contributed by atoms with Crippen LogP contribution in [-0.2, 0) is 10.0 Å². The first-order valence-electron chi connectivity index (χ1n) is 8.00. The second kappa shape index (κ2) is 7.77. The summed E-state index contributed by atoms with van der Waals surface area (Å²) >= 11 is 5.83. The van der Waals surface area contributed by atoms with Crippen molar-refractivity contribution in [1.82, 2.24) is 9.62 Å². The number of benzene rings is 1. The fourth-order valence-corrected chi connectivity index (χ4v) is 4.69. The van der Waals surface area contributed by atoms with Crippen LogP contribution in [-0.4, -0.2) is 38.5 Å². The Kier molecular flexibility index (Phi) is 6.26. The fourth-order valence-electron chi connectivity index (χ4n) is 3.26. The highest BCUT2D eigenvalue weighted by Gasteiger charge is 2.32. The minimum absolute atomic E-state index is 0.0191. The second-order valence-corrected chi connectivity index (χ2v) is 7.91. The highest BCUT2D eigenvalue weighted by Crippen LogP contribution is 2.25. The molecule has 0 unspecified atom stereocenters. The monoisotopic (exact) mass is 344 g/mol. The molecule has 1 N–H and O–H groups in total. The maximum Gasteiger partial charge on any atom is 0.240 e. The molecule has 6 heteroatoms. The van der Waals surface area contributed by atoms with Crippen LogP contribution < -0.4 is 4.72 Å². The van der Waals surface area contributed by atoms with E-state index in [1.807, 2.05) is 0 Å². The standard InChI is InChI=1S/C16H25ClN2O2S/c1-3-19(4-2)16-8-6-5-7-15(16)18-22(20,21)14-11-9-13(17)10-12-14/h9-12,15-16,18H,3-8H2,1-2H3/t15-,16+/m1/s1. The molecule has 0 spiro atoms. The molecule has 2 atom stereocenters. The van der Waals surface area contributed by atoms with Gasteiger partial charge < -0.3 is 0 Å². The summed E-state index contributed by atoms with van der Waals surface area (Å²) in [5, 5.41) is 0.539. The van der Waals surface area contributed by atoms with Crippen LogP contribution in [0.1, 0.15) is 39.5 Å². The van der Waals surface area contributed by atoms with Crippen LogP contribution >= 0.6 is 11.6 Å². The summed E-state index contributed by atoms with van der Waals surface area (Å²) in [5.74, 6) is 0. The van der Waals surface area contributed by atoms with Gasteiger partial charge in [-0.3, -0.25) is 4.90 Å². The van der Waals surface area contributed by atoms with Gasteiger partial charge in [0.1, 0.15) is 0 Å². The molecule has 0 aliphatic heterocycles. The highest BCUT2D eigenvalue weighted by atomic mass is 35.5. The molecule has 0 radical (unpaired) electrons. The molecule has 1 fully saturated rings. The topological polar surface area (TPSA) is 49.4 Å². The number of rotatable bonds is 6. The van der Waals surface area contributed by atoms with Crippen LogP contribution in [0.4, 0.5) is 0 Å². The van der Waals surface area contributed by atoms with Crippen molar-refractivity contribution in [2.75, 3.05) is 13.1 Å². The molecule has 0 amide bonds. The van der Waals surface area contributed by atoms with Crippen molar-refractivity contribution in [3.63, 3.8) is 0 Å². The Morgan fingerprint density at radius 1 is 1.14 bits per heavy atom. The Morgan fingerprint density at radius 2 is 1.73 bits per heavy atom. The van der Waals surface area contributed by atoms with E-state index in [1.54, 1.807) is 24.3 Å². The van der Waals surface area contributed by atoms with Gasteiger partial charge in [0, 0.05) is 17.1 Å². The van der Waals surface area contributed by atoms with Gasteiger partial charge in [0.05, 0.1) is 4.90 Å². The normalized spacial score (nSPS) is 22.9. The minimum atomic E-state index is -3.49. The van der Waals surface area contributed by atoms with Crippen molar-refractivity contribution in [1.29, 1.82) is 0 Å². The third kappa shape index (κ3) is 4.22. The van der Waals surface area contributed by atoms with E-state index in [9.17, 15) is 8.42 Å². The van der Waals surface area contributed by atoms with Gasteiger partial charge in [-0.25, -0.2) is 13.1 Å². The summed E-state index contributed by atoms with van der Waals surface area (Å²) < 4.78 is 28.1. The maximum atomic E-state index is 12.6. The van der Waals surface area contributed by atoms with E-state index in [4.69, 9.17) is 11.6 Å². The second-order valence-electron chi connectivity index (χ2n) is 5.75. The van der Waals surface area contributed by atoms with Crippen molar-refractivity contribution in [3.05, 3.63) is 29.3 Å². The number of nitrogens with zero attached hydrogens (tertiary/aromatic N) is 1. The van der Waals surface area contributed by atoms with Crippen molar-refractivity contribution in [2.45, 2.75) is 56.5 Å². The van der Waals surface area contributed by atoms with E-state index < -0.39 is 10.0 Å². The van der Waals surface area contributed by atoms with Crippen molar-refractivity contribution >= 4 is 21.6 Å². The summed E-state index contributed by atoms with van der Waals surface area (Å²) in [6, 6.07) is 6.59. The Balaban J connectivity index is 2.17. The van der Waals surface area contributed by atoms with Crippen molar-refractivity contribution < 1.29 is 8.42 Å². The van der Waals surface area contributed by atoms with Gasteiger partial charge in [0.25, 0.3) is 0 Å². The molecule has 0 heterocycles. The summed E-state index contributed by atoms with van der Waals surface area (Å²) in [4.78, 5) is 2.63. The van der Waals surface area contributed by atoms with E-state index in [-0.39, 0.29) is 17.0 Å². The third-order valence-corrected chi connectivity index (χ3v) is 6.20. The molecule has 2 rings (SSSR count). The van der Waals surface area contributed by atoms with E-state index in [0.29, 0.717) is 5.02 Å². The molecule has 1 aromatic rings. The van der Waals surface area contributed by atoms with Gasteiger partial charge in [-0.15, -0.1) is 0 Å². The molecule has 0 bridgehead atoms. The largest absolute Gasteiger partial charge is 0.299 e. The zero-order chi connectivity index (χ0) is 16.2. The summed E-state index contributed by atoms with van der Waals surface area (Å²) in [6.07, 6.45) is 4.19. The lowest BCUT2D eigenvalue weighted by Crippen LogP contribution is -2.53. The average Bonchev–Trinajstić information content (AvgIpc) is 2.50. The van der Waals surface area contributed by atoms with Crippen LogP contribution in [0.5, 0.6) is 0 Å². The Hall–Kier alpha value is -0.620. The van der Waals surface area contributed by atoms with E-state index in [0.717, 1.165) is 32.4 Å². The molecule has 0 saturated heterocycles. The van der Waals surface area contributed by atoms with E-state index >= 15 is 0 Å². The first-order valence-corrected chi connectivity index (χ1v) is 9.86. The SMILES string of the molecule is CCN(CC)[C@H]1CCCC[C@H]1NS(=O)(=O)c1ccc(Cl)cc1. The number of halogens is 1. The Morgan fingerprint density at radius 3 is 2.32 bits per heavy atom. The van der Waals surface area contributed by atoms with E-state index in [2.05, 4.69) is 23.5 Å². The van der Waals surface area contributed by atoms with E-state index in [1.165, 1.54) is 6.42 Å². The zero-order valence-corrected chi connectivity index (χ0v) is 14.8. The molecule has 1 aliphatic rings. The van der Waals surface area contributed by atoms with Crippen LogP contribution in [0.25, 0.3) is 0 Å². The Labute approximate surface area is 138 Å². The molecule has 4 nitrogen and oxygen atoms in total. The first-order chi connectivity index (χ1) is 10.5. The summed E-state index contributed by atoms with van der Waals surface area (Å²) in [7, 11) is -3.49. The average molecular weight is 345 g/mol. The third-order valence-electron chi connectivity index (χ3n) is 4.44. The molecule has 22 heavy (non-hydrogen) atoms. The fraction of sp³-hybridized carbons (Fsp3) is 0.625. The predicted molar refractivity (Wildman–Crippen MR) is 90.7 cm³/mol. The molecular weight excluding hydrogens is 320 g/mol. The minimum Gasteiger partial charge on any atom is -0.299 e. The molecule has 124 valence electrons. The van der Waals surface area contributed by atoms with Gasteiger partial charge in [-0.05, 0) is 50.2 Å². The van der Waals surface area contributed by atoms with Crippen molar-refractivity contribution in [2.24, 2.45) is 0 Å². The zero-order valence-electron chi connectivity index (χ0n) is 13.3. The lowest BCUT2D eigenvalue weighted by Gasteiger charge is -2.39. The highest BCUT2D eigenvalue weighted by molar-refractivity contribution is 7.89. The maximum absolute atomic E-state index is 12.6. The van der Waals surface area contributed by atoms with Gasteiger partial charge in [0.2, 0.25) is 10.0 Å². The lowest BCUT2D eigenvalue weighted by molar-refractivity contribution is 0.144. The summed E-state index contributed by atoms with van der Waals surface area (Å²) in [5.41, 5.74) is 0. The van der Waals surface area contributed by atoms with Gasteiger partial charge in [-0.2, -0.15) is 0 Å². The van der Waals surface area contributed by atoms with Crippen LogP contribution in [0.15, 0.2) is 29.2 Å². The van der Waals surface area contributed by atoms with Gasteiger partial charge in [0.15, 0.2) is 0 Å². The molecule has 1 aromatic carbocycles. The quantitative estimate of drug-likeness (QED) is 0.861. The van der Waals surface area contributed by atoms with Gasteiger partial charge >= 0.3 is 0 Å². The smallest absolute Gasteiger partial charge is 0.240 e. The van der Waals surface area contributed by atoms with Crippen LogP contribution in [0.2, 0.25) is 5.02 Å². The number of likely N-dealkylation sites (N-methyl/N-ethyl adjacent to an activating group) is 1. The molecule has 1 aliphatic carbocycles. The van der Waals surface area contributed by atoms with Crippen LogP contribution in [0.3, 0.4) is 0 Å². The Bertz CT molecular complexity index is 570. The first kappa shape index (κ1) is 17.7. The summed E-state index contributed by atoms with van der Waals surface area (Å²) in [6.45, 7) is 6.15. The van der Waals surface area contributed by atoms with Crippen molar-refractivity contribution in [3.8, 4) is 0 Å². The van der Waals surface area contributed by atoms with Gasteiger partial charge in [-0.1, -0.05) is 38.3 Å². The molecular formula is C16H25ClN2O2S. The molecule has 0 aromatic heterocycles.